The molecule has 0 radical (unpaired) electrons. The van der Waals surface area contributed by atoms with Crippen molar-refractivity contribution in [1.82, 2.24) is 24.6 Å². The summed E-state index contributed by atoms with van der Waals surface area (Å²) in [6.45, 7) is 3.14. The van der Waals surface area contributed by atoms with Crippen LogP contribution in [0.2, 0.25) is 0 Å². The summed E-state index contributed by atoms with van der Waals surface area (Å²) in [5, 5.41) is 17.8. The number of likely N-dealkylation sites (tertiary alicyclic amines) is 1. The first-order chi connectivity index (χ1) is 12.1. The number of carbonyl (C=O) groups is 1. The standard InChI is InChI=1S/C18H31N5O2/c1-21(11-12-24)13-16-19-20-17(22(16)2)14-7-9-23(10-8-14)18(25)15-5-3-4-6-15/h14-15,24H,3-13H2,1-2H3. The molecule has 7 heteroatoms. The molecule has 1 aliphatic carbocycles. The molecule has 1 saturated heterocycles. The summed E-state index contributed by atoms with van der Waals surface area (Å²) in [4.78, 5) is 16.7. The van der Waals surface area contributed by atoms with Crippen molar-refractivity contribution in [3.63, 3.8) is 0 Å². The van der Waals surface area contributed by atoms with E-state index >= 15 is 0 Å². The van der Waals surface area contributed by atoms with E-state index < -0.39 is 0 Å². The highest BCUT2D eigenvalue weighted by Crippen LogP contribution is 2.31. The monoisotopic (exact) mass is 349 g/mol. The van der Waals surface area contributed by atoms with Gasteiger partial charge in [-0.1, -0.05) is 12.8 Å². The second kappa shape index (κ2) is 8.27. The second-order valence-corrected chi connectivity index (χ2v) is 7.58. The lowest BCUT2D eigenvalue weighted by Crippen LogP contribution is -2.41. The molecule has 0 atom stereocenters. The molecule has 1 aromatic rings. The van der Waals surface area contributed by atoms with Gasteiger partial charge in [0, 0.05) is 38.5 Å². The van der Waals surface area contributed by atoms with Gasteiger partial charge in [0.1, 0.15) is 11.6 Å². The zero-order chi connectivity index (χ0) is 17.8. The number of hydrogen-bond donors (Lipinski definition) is 1. The number of aliphatic hydroxyl groups excluding tert-OH is 1. The molecule has 1 aliphatic heterocycles. The first-order valence-electron chi connectivity index (χ1n) is 9.56. The molecule has 1 aromatic heterocycles. The van der Waals surface area contributed by atoms with Crippen molar-refractivity contribution in [3.05, 3.63) is 11.6 Å². The van der Waals surface area contributed by atoms with Gasteiger partial charge in [0.15, 0.2) is 0 Å². The summed E-state index contributed by atoms with van der Waals surface area (Å²) in [5.74, 6) is 2.98. The Morgan fingerprint density at radius 2 is 1.88 bits per heavy atom. The Kier molecular flexibility index (Phi) is 6.06. The van der Waals surface area contributed by atoms with Crippen LogP contribution >= 0.6 is 0 Å². The van der Waals surface area contributed by atoms with Crippen LogP contribution in [0, 0.1) is 5.92 Å². The number of hydrogen-bond acceptors (Lipinski definition) is 5. The zero-order valence-corrected chi connectivity index (χ0v) is 15.5. The first-order valence-corrected chi connectivity index (χ1v) is 9.56. The van der Waals surface area contributed by atoms with Gasteiger partial charge in [-0.15, -0.1) is 10.2 Å². The minimum Gasteiger partial charge on any atom is -0.395 e. The highest BCUT2D eigenvalue weighted by Gasteiger charge is 2.31. The zero-order valence-electron chi connectivity index (χ0n) is 15.5. The normalized spacial score (nSPS) is 19.9. The second-order valence-electron chi connectivity index (χ2n) is 7.58. The molecule has 1 amide bonds. The summed E-state index contributed by atoms with van der Waals surface area (Å²) in [7, 11) is 3.99. The number of aliphatic hydroxyl groups is 1. The Morgan fingerprint density at radius 3 is 2.52 bits per heavy atom. The average molecular weight is 349 g/mol. The van der Waals surface area contributed by atoms with E-state index in [2.05, 4.69) is 19.7 Å². The summed E-state index contributed by atoms with van der Waals surface area (Å²) in [5.41, 5.74) is 0. The van der Waals surface area contributed by atoms with Crippen LogP contribution in [0.25, 0.3) is 0 Å². The Hall–Kier alpha value is -1.47. The van der Waals surface area contributed by atoms with Crippen LogP contribution < -0.4 is 0 Å². The summed E-state index contributed by atoms with van der Waals surface area (Å²) in [6, 6.07) is 0. The summed E-state index contributed by atoms with van der Waals surface area (Å²) < 4.78 is 2.09. The van der Waals surface area contributed by atoms with E-state index in [1.807, 2.05) is 19.0 Å². The van der Waals surface area contributed by atoms with Gasteiger partial charge in [-0.25, -0.2) is 0 Å². The quantitative estimate of drug-likeness (QED) is 0.833. The molecule has 2 heterocycles. The van der Waals surface area contributed by atoms with Crippen LogP contribution in [-0.4, -0.2) is 68.9 Å². The molecule has 3 rings (SSSR count). The lowest BCUT2D eigenvalue weighted by molar-refractivity contribution is -0.136. The fourth-order valence-corrected chi connectivity index (χ4v) is 4.15. The van der Waals surface area contributed by atoms with Crippen LogP contribution in [-0.2, 0) is 18.4 Å². The fraction of sp³-hybridized carbons (Fsp3) is 0.833. The predicted molar refractivity (Wildman–Crippen MR) is 94.9 cm³/mol. The minimum absolute atomic E-state index is 0.148. The van der Waals surface area contributed by atoms with Crippen molar-refractivity contribution in [3.8, 4) is 0 Å². The van der Waals surface area contributed by atoms with Crippen molar-refractivity contribution < 1.29 is 9.90 Å². The largest absolute Gasteiger partial charge is 0.395 e. The average Bonchev–Trinajstić information content (AvgIpc) is 3.26. The summed E-state index contributed by atoms with van der Waals surface area (Å²) in [6.07, 6.45) is 6.51. The molecule has 7 nitrogen and oxygen atoms in total. The molecule has 0 bridgehead atoms. The third-order valence-corrected chi connectivity index (χ3v) is 5.77. The third-order valence-electron chi connectivity index (χ3n) is 5.77. The number of rotatable bonds is 6. The molecule has 25 heavy (non-hydrogen) atoms. The van der Waals surface area contributed by atoms with E-state index in [0.29, 0.717) is 24.9 Å². The number of amides is 1. The SMILES string of the molecule is CN(CCO)Cc1nnc(C2CCN(C(=O)C3CCCC3)CC2)n1C. The number of piperidine rings is 1. The van der Waals surface area contributed by atoms with Crippen molar-refractivity contribution in [2.24, 2.45) is 13.0 Å². The lowest BCUT2D eigenvalue weighted by Gasteiger charge is -2.33. The van der Waals surface area contributed by atoms with Crippen LogP contribution in [0.1, 0.15) is 56.1 Å². The molecular weight excluding hydrogens is 318 g/mol. The number of aromatic nitrogens is 3. The van der Waals surface area contributed by atoms with Gasteiger partial charge in [0.25, 0.3) is 0 Å². The summed E-state index contributed by atoms with van der Waals surface area (Å²) >= 11 is 0. The molecule has 1 N–H and O–H groups in total. The first kappa shape index (κ1) is 18.3. The van der Waals surface area contributed by atoms with Crippen LogP contribution in [0.15, 0.2) is 0 Å². The van der Waals surface area contributed by atoms with Gasteiger partial charge in [-0.05, 0) is 32.7 Å². The van der Waals surface area contributed by atoms with E-state index in [4.69, 9.17) is 5.11 Å². The van der Waals surface area contributed by atoms with Crippen molar-refractivity contribution in [2.45, 2.75) is 51.0 Å². The molecule has 0 unspecified atom stereocenters. The Labute approximate surface area is 150 Å². The molecular formula is C18H31N5O2. The highest BCUT2D eigenvalue weighted by molar-refractivity contribution is 5.79. The maximum absolute atomic E-state index is 12.6. The number of likely N-dealkylation sites (N-methyl/N-ethyl adjacent to an activating group) is 1. The van der Waals surface area contributed by atoms with E-state index in [0.717, 1.165) is 50.4 Å². The molecule has 2 fully saturated rings. The van der Waals surface area contributed by atoms with E-state index in [-0.39, 0.29) is 12.5 Å². The van der Waals surface area contributed by atoms with E-state index in [1.54, 1.807) is 0 Å². The third kappa shape index (κ3) is 4.20. The van der Waals surface area contributed by atoms with Crippen molar-refractivity contribution in [1.29, 1.82) is 0 Å². The van der Waals surface area contributed by atoms with Crippen LogP contribution in [0.3, 0.4) is 0 Å². The van der Waals surface area contributed by atoms with Crippen LogP contribution in [0.4, 0.5) is 0 Å². The number of carbonyl (C=O) groups excluding carboxylic acids is 1. The predicted octanol–water partition coefficient (Wildman–Crippen LogP) is 1.14. The molecule has 1 saturated carbocycles. The lowest BCUT2D eigenvalue weighted by atomic mass is 9.94. The van der Waals surface area contributed by atoms with E-state index in [9.17, 15) is 4.79 Å². The smallest absolute Gasteiger partial charge is 0.225 e. The minimum atomic E-state index is 0.148. The van der Waals surface area contributed by atoms with Gasteiger partial charge in [0.05, 0.1) is 13.2 Å². The molecule has 2 aliphatic rings. The Morgan fingerprint density at radius 1 is 1.20 bits per heavy atom. The Balaban J connectivity index is 1.56. The van der Waals surface area contributed by atoms with Crippen LogP contribution in [0.5, 0.6) is 0 Å². The molecule has 0 aromatic carbocycles. The van der Waals surface area contributed by atoms with Gasteiger partial charge in [0.2, 0.25) is 5.91 Å². The highest BCUT2D eigenvalue weighted by atomic mass is 16.3. The van der Waals surface area contributed by atoms with Gasteiger partial charge in [-0.2, -0.15) is 0 Å². The van der Waals surface area contributed by atoms with Gasteiger partial charge < -0.3 is 14.6 Å². The van der Waals surface area contributed by atoms with Gasteiger partial charge >= 0.3 is 0 Å². The molecule has 0 spiro atoms. The fourth-order valence-electron chi connectivity index (χ4n) is 4.15. The van der Waals surface area contributed by atoms with Crippen molar-refractivity contribution >= 4 is 5.91 Å². The van der Waals surface area contributed by atoms with Crippen molar-refractivity contribution in [2.75, 3.05) is 33.3 Å². The molecule has 140 valence electrons. The maximum Gasteiger partial charge on any atom is 0.225 e. The number of nitrogens with zero attached hydrogens (tertiary/aromatic N) is 5. The van der Waals surface area contributed by atoms with E-state index in [1.165, 1.54) is 12.8 Å². The topological polar surface area (TPSA) is 74.5 Å². The Bertz CT molecular complexity index is 574. The van der Waals surface area contributed by atoms with Gasteiger partial charge in [-0.3, -0.25) is 9.69 Å². The maximum atomic E-state index is 12.6.